The number of nitrogens with zero attached hydrogens (tertiary/aromatic N) is 3. The van der Waals surface area contributed by atoms with Crippen LogP contribution in [0.4, 0.5) is 5.82 Å². The number of thiazole rings is 1. The third-order valence-electron chi connectivity index (χ3n) is 2.04. The molecule has 2 rings (SSSR count). The molecule has 8 heteroatoms. The van der Waals surface area contributed by atoms with Gasteiger partial charge in [-0.05, 0) is 0 Å². The maximum absolute atomic E-state index is 10.7. The first-order chi connectivity index (χ1) is 8.69. The Hall–Kier alpha value is -2.22. The summed E-state index contributed by atoms with van der Waals surface area (Å²) in [6.07, 6.45) is 1.38. The van der Waals surface area contributed by atoms with Gasteiger partial charge in [0.05, 0.1) is 13.7 Å². The van der Waals surface area contributed by atoms with Crippen molar-refractivity contribution in [2.75, 3.05) is 12.4 Å². The van der Waals surface area contributed by atoms with Gasteiger partial charge in [-0.3, -0.25) is 0 Å². The maximum atomic E-state index is 10.7. The van der Waals surface area contributed by atoms with E-state index in [1.165, 1.54) is 30.2 Å². The van der Waals surface area contributed by atoms with Crippen LogP contribution in [0, 0.1) is 0 Å². The molecule has 0 unspecified atom stereocenters. The van der Waals surface area contributed by atoms with E-state index in [9.17, 15) is 4.79 Å². The number of rotatable bonds is 5. The second-order valence-electron chi connectivity index (χ2n) is 3.23. The molecule has 0 atom stereocenters. The number of carbonyl (C=O) groups is 1. The van der Waals surface area contributed by atoms with Gasteiger partial charge in [0.2, 0.25) is 5.88 Å². The van der Waals surface area contributed by atoms with E-state index in [2.05, 4.69) is 20.3 Å². The van der Waals surface area contributed by atoms with Crippen molar-refractivity contribution < 1.29 is 14.6 Å². The number of ether oxygens (including phenoxy) is 1. The molecule has 2 heterocycles. The molecule has 7 nitrogen and oxygen atoms in total. The molecule has 0 spiro atoms. The number of aromatic carboxylic acids is 1. The third kappa shape index (κ3) is 2.92. The van der Waals surface area contributed by atoms with E-state index in [4.69, 9.17) is 9.84 Å². The van der Waals surface area contributed by atoms with Gasteiger partial charge in [0.25, 0.3) is 0 Å². The van der Waals surface area contributed by atoms with Crippen LogP contribution in [0.5, 0.6) is 5.88 Å². The van der Waals surface area contributed by atoms with Crippen molar-refractivity contribution >= 4 is 23.1 Å². The quantitative estimate of drug-likeness (QED) is 0.840. The highest BCUT2D eigenvalue weighted by atomic mass is 32.1. The topological polar surface area (TPSA) is 97.2 Å². The summed E-state index contributed by atoms with van der Waals surface area (Å²) in [6, 6.07) is 1.64. The van der Waals surface area contributed by atoms with Crippen molar-refractivity contribution in [3.63, 3.8) is 0 Å². The number of carboxylic acid groups (broad SMARTS) is 1. The summed E-state index contributed by atoms with van der Waals surface area (Å²) < 4.78 is 4.96. The zero-order valence-corrected chi connectivity index (χ0v) is 10.3. The molecule has 0 radical (unpaired) electrons. The second kappa shape index (κ2) is 5.41. The van der Waals surface area contributed by atoms with Gasteiger partial charge in [0.1, 0.15) is 17.2 Å². The van der Waals surface area contributed by atoms with Gasteiger partial charge in [-0.25, -0.2) is 19.7 Å². The van der Waals surface area contributed by atoms with Crippen LogP contribution in [0.15, 0.2) is 17.8 Å². The normalized spacial score (nSPS) is 10.1. The zero-order valence-electron chi connectivity index (χ0n) is 9.45. The molecule has 0 bridgehead atoms. The van der Waals surface area contributed by atoms with Crippen molar-refractivity contribution in [3.8, 4) is 5.88 Å². The first-order valence-corrected chi connectivity index (χ1v) is 5.84. The van der Waals surface area contributed by atoms with Crippen LogP contribution in [0.25, 0.3) is 0 Å². The van der Waals surface area contributed by atoms with Crippen LogP contribution in [0.2, 0.25) is 0 Å². The first kappa shape index (κ1) is 12.2. The van der Waals surface area contributed by atoms with E-state index in [0.717, 1.165) is 0 Å². The molecule has 0 aliphatic carbocycles. The van der Waals surface area contributed by atoms with Crippen LogP contribution < -0.4 is 10.1 Å². The van der Waals surface area contributed by atoms with Crippen LogP contribution in [0.3, 0.4) is 0 Å². The van der Waals surface area contributed by atoms with Crippen molar-refractivity contribution in [1.82, 2.24) is 15.0 Å². The van der Waals surface area contributed by atoms with Crippen molar-refractivity contribution in [1.29, 1.82) is 0 Å². The summed E-state index contributed by atoms with van der Waals surface area (Å²) in [5.74, 6) is 0.0213. The lowest BCUT2D eigenvalue weighted by Crippen LogP contribution is -2.03. The predicted molar refractivity (Wildman–Crippen MR) is 65.0 cm³/mol. The van der Waals surface area contributed by atoms with Crippen LogP contribution in [-0.2, 0) is 6.54 Å². The molecule has 0 saturated carbocycles. The lowest BCUT2D eigenvalue weighted by atomic mass is 10.5. The molecule has 0 aliphatic heterocycles. The number of anilines is 1. The summed E-state index contributed by atoms with van der Waals surface area (Å²) in [5, 5.41) is 13.9. The predicted octanol–water partition coefficient (Wildman–Crippen LogP) is 1.25. The summed E-state index contributed by atoms with van der Waals surface area (Å²) in [7, 11) is 1.52. The number of hydrogen-bond acceptors (Lipinski definition) is 7. The fourth-order valence-corrected chi connectivity index (χ4v) is 1.91. The Morgan fingerprint density at radius 3 is 3.06 bits per heavy atom. The van der Waals surface area contributed by atoms with Crippen LogP contribution in [0.1, 0.15) is 15.5 Å². The Labute approximate surface area is 107 Å². The molecule has 0 fully saturated rings. The Bertz CT molecular complexity index is 558. The molecule has 0 saturated heterocycles. The average molecular weight is 266 g/mol. The highest BCUT2D eigenvalue weighted by Gasteiger charge is 2.08. The van der Waals surface area contributed by atoms with Gasteiger partial charge in [-0.15, -0.1) is 11.3 Å². The van der Waals surface area contributed by atoms with Crippen molar-refractivity contribution in [2.24, 2.45) is 0 Å². The van der Waals surface area contributed by atoms with E-state index >= 15 is 0 Å². The van der Waals surface area contributed by atoms with Gasteiger partial charge < -0.3 is 15.2 Å². The van der Waals surface area contributed by atoms with E-state index in [0.29, 0.717) is 23.3 Å². The minimum Gasteiger partial charge on any atom is -0.481 e. The molecule has 0 aromatic carbocycles. The Balaban J connectivity index is 1.99. The number of methoxy groups -OCH3 is 1. The average Bonchev–Trinajstić information content (AvgIpc) is 2.85. The van der Waals surface area contributed by atoms with Crippen LogP contribution >= 0.6 is 11.3 Å². The fourth-order valence-electron chi connectivity index (χ4n) is 1.20. The molecule has 2 aromatic rings. The molecular weight excluding hydrogens is 256 g/mol. The fraction of sp³-hybridized carbons (Fsp3) is 0.200. The number of aromatic nitrogens is 3. The molecule has 0 aliphatic rings. The van der Waals surface area contributed by atoms with E-state index in [-0.39, 0.29) is 5.69 Å². The number of carboxylic acids is 1. The van der Waals surface area contributed by atoms with Crippen LogP contribution in [-0.4, -0.2) is 33.1 Å². The number of nitrogens with one attached hydrogen (secondary N) is 1. The maximum Gasteiger partial charge on any atom is 0.355 e. The Kier molecular flexibility index (Phi) is 3.68. The lowest BCUT2D eigenvalue weighted by molar-refractivity contribution is 0.0691. The monoisotopic (exact) mass is 266 g/mol. The SMILES string of the molecule is COc1cc(NCc2nc(C(=O)O)cs2)ncn1. The minimum absolute atomic E-state index is 0.0528. The van der Waals surface area contributed by atoms with Gasteiger partial charge in [0.15, 0.2) is 5.69 Å². The zero-order chi connectivity index (χ0) is 13.0. The van der Waals surface area contributed by atoms with E-state index < -0.39 is 5.97 Å². The minimum atomic E-state index is -1.03. The molecule has 0 amide bonds. The molecule has 94 valence electrons. The van der Waals surface area contributed by atoms with Gasteiger partial charge in [-0.2, -0.15) is 0 Å². The summed E-state index contributed by atoms with van der Waals surface area (Å²) in [5.41, 5.74) is 0.0528. The Morgan fingerprint density at radius 1 is 1.56 bits per heavy atom. The van der Waals surface area contributed by atoms with Gasteiger partial charge in [0, 0.05) is 11.4 Å². The van der Waals surface area contributed by atoms with Crippen molar-refractivity contribution in [2.45, 2.75) is 6.54 Å². The smallest absolute Gasteiger partial charge is 0.355 e. The first-order valence-electron chi connectivity index (χ1n) is 4.96. The molecule has 2 aromatic heterocycles. The number of hydrogen-bond donors (Lipinski definition) is 2. The standard InChI is InChI=1S/C10H10N4O3S/c1-17-8-2-7(12-5-13-8)11-3-9-14-6(4-18-9)10(15)16/h2,4-5H,3H2,1H3,(H,15,16)(H,11,12,13). The lowest BCUT2D eigenvalue weighted by Gasteiger charge is -2.04. The highest BCUT2D eigenvalue weighted by Crippen LogP contribution is 2.14. The Morgan fingerprint density at radius 2 is 2.39 bits per heavy atom. The highest BCUT2D eigenvalue weighted by molar-refractivity contribution is 7.09. The molecular formula is C10H10N4O3S. The van der Waals surface area contributed by atoms with Crippen molar-refractivity contribution in [3.05, 3.63) is 28.5 Å². The summed E-state index contributed by atoms with van der Waals surface area (Å²) in [4.78, 5) is 22.5. The largest absolute Gasteiger partial charge is 0.481 e. The third-order valence-corrected chi connectivity index (χ3v) is 2.89. The van der Waals surface area contributed by atoms with E-state index in [1.807, 2.05) is 0 Å². The van der Waals surface area contributed by atoms with Gasteiger partial charge in [-0.1, -0.05) is 0 Å². The van der Waals surface area contributed by atoms with E-state index in [1.54, 1.807) is 6.07 Å². The van der Waals surface area contributed by atoms with Gasteiger partial charge >= 0.3 is 5.97 Å². The summed E-state index contributed by atoms with van der Waals surface area (Å²) in [6.45, 7) is 0.401. The summed E-state index contributed by atoms with van der Waals surface area (Å²) >= 11 is 1.28. The molecule has 2 N–H and O–H groups in total. The molecule has 18 heavy (non-hydrogen) atoms. The second-order valence-corrected chi connectivity index (χ2v) is 4.17.